The summed E-state index contributed by atoms with van der Waals surface area (Å²) in [4.78, 5) is 0. The van der Waals surface area contributed by atoms with E-state index in [4.69, 9.17) is 0 Å². The Morgan fingerprint density at radius 3 is 1.64 bits per heavy atom. The van der Waals surface area contributed by atoms with Gasteiger partial charge in [-0.1, -0.05) is 103 Å². The van der Waals surface area contributed by atoms with Crippen LogP contribution in [0.3, 0.4) is 0 Å². The molecule has 0 radical (unpaired) electrons. The number of nitrogens with zero attached hydrogens (tertiary/aromatic N) is 2. The van der Waals surface area contributed by atoms with Crippen LogP contribution in [0.4, 0.5) is 0 Å². The quantitative estimate of drug-likeness (QED) is 0.194. The molecule has 0 bridgehead atoms. The minimum atomic E-state index is 1.17. The van der Waals surface area contributed by atoms with E-state index >= 15 is 0 Å². The Kier molecular flexibility index (Phi) is 5.19. The van der Waals surface area contributed by atoms with Crippen LogP contribution in [0.5, 0.6) is 0 Å². The molecule has 0 amide bonds. The highest BCUT2D eigenvalue weighted by atomic mass is 32.1. The van der Waals surface area contributed by atoms with Crippen molar-refractivity contribution in [2.24, 2.45) is 0 Å². The van der Waals surface area contributed by atoms with E-state index in [1.54, 1.807) is 0 Å². The fraction of sp³-hybridized carbons (Fsp3) is 0. The summed E-state index contributed by atoms with van der Waals surface area (Å²) < 4.78 is 7.51. The zero-order valence-electron chi connectivity index (χ0n) is 24.3. The summed E-state index contributed by atoms with van der Waals surface area (Å²) in [6.07, 6.45) is 0. The van der Waals surface area contributed by atoms with E-state index in [-0.39, 0.29) is 0 Å². The molecule has 10 aromatic rings. The molecule has 45 heavy (non-hydrogen) atoms. The standard InChI is InChI=1S/C42H26N2S/c1-5-17-35-30(13-1)31-14-2-6-18-36(31)43(35)29-12-9-11-27(25-29)28-23-24-33-32-15-3-7-19-37(32)44(39(33)26-28)38-20-10-22-41-42(38)34-16-4-8-21-40(34)45-41/h1-26H. The zero-order chi connectivity index (χ0) is 29.5. The summed E-state index contributed by atoms with van der Waals surface area (Å²) in [5.74, 6) is 0. The van der Waals surface area contributed by atoms with E-state index in [0.29, 0.717) is 0 Å². The molecule has 7 aromatic carbocycles. The van der Waals surface area contributed by atoms with Crippen molar-refractivity contribution in [1.82, 2.24) is 9.13 Å². The Labute approximate surface area is 263 Å². The molecule has 0 saturated heterocycles. The number of hydrogen-bond donors (Lipinski definition) is 0. The SMILES string of the molecule is c1cc(-c2ccc3c4ccccc4n(-c4cccc5sc6ccccc6c45)c3c2)cc(-n2c3ccccc3c3ccccc32)c1. The highest BCUT2D eigenvalue weighted by Crippen LogP contribution is 2.42. The third-order valence-electron chi connectivity index (χ3n) is 9.31. The number of fused-ring (bicyclic) bond motifs is 9. The van der Waals surface area contributed by atoms with Crippen LogP contribution in [0, 0.1) is 0 Å². The topological polar surface area (TPSA) is 9.86 Å². The zero-order valence-corrected chi connectivity index (χ0v) is 25.1. The van der Waals surface area contributed by atoms with Gasteiger partial charge in [0.05, 0.1) is 27.8 Å². The molecule has 0 unspecified atom stereocenters. The lowest BCUT2D eigenvalue weighted by Gasteiger charge is -2.12. The van der Waals surface area contributed by atoms with Gasteiger partial charge in [0.1, 0.15) is 0 Å². The average molecular weight is 591 g/mol. The summed E-state index contributed by atoms with van der Waals surface area (Å²) >= 11 is 1.87. The number of hydrogen-bond acceptors (Lipinski definition) is 1. The predicted molar refractivity (Wildman–Crippen MR) is 193 cm³/mol. The highest BCUT2D eigenvalue weighted by Gasteiger charge is 2.18. The van der Waals surface area contributed by atoms with E-state index < -0.39 is 0 Å². The first-order valence-corrected chi connectivity index (χ1v) is 16.2. The molecule has 10 rings (SSSR count). The molecule has 3 heterocycles. The fourth-order valence-corrected chi connectivity index (χ4v) is 8.50. The maximum atomic E-state index is 2.48. The molecular weight excluding hydrogens is 565 g/mol. The van der Waals surface area contributed by atoms with Gasteiger partial charge in [0.15, 0.2) is 0 Å². The normalized spacial score (nSPS) is 12.0. The van der Waals surface area contributed by atoms with Gasteiger partial charge in [-0.3, -0.25) is 0 Å². The molecule has 0 aliphatic rings. The average Bonchev–Trinajstić information content (AvgIpc) is 3.76. The smallest absolute Gasteiger partial charge is 0.0555 e. The van der Waals surface area contributed by atoms with Crippen molar-refractivity contribution in [1.29, 1.82) is 0 Å². The summed E-state index contributed by atoms with van der Waals surface area (Å²) in [5.41, 5.74) is 9.70. The predicted octanol–water partition coefficient (Wildman–Crippen LogP) is 11.9. The Morgan fingerprint density at radius 2 is 0.911 bits per heavy atom. The van der Waals surface area contributed by atoms with Crippen LogP contribution in [0.1, 0.15) is 0 Å². The molecule has 0 aliphatic heterocycles. The van der Waals surface area contributed by atoms with E-state index in [2.05, 4.69) is 167 Å². The van der Waals surface area contributed by atoms with Gasteiger partial charge in [-0.2, -0.15) is 0 Å². The number of para-hydroxylation sites is 3. The molecule has 0 fully saturated rings. The van der Waals surface area contributed by atoms with Crippen molar-refractivity contribution in [2.45, 2.75) is 0 Å². The molecule has 2 nitrogen and oxygen atoms in total. The molecule has 0 aliphatic carbocycles. The van der Waals surface area contributed by atoms with Gasteiger partial charge >= 0.3 is 0 Å². The van der Waals surface area contributed by atoms with Crippen LogP contribution in [0.25, 0.3) is 86.3 Å². The lowest BCUT2D eigenvalue weighted by Crippen LogP contribution is -1.95. The van der Waals surface area contributed by atoms with E-state index in [0.717, 1.165) is 0 Å². The molecule has 0 spiro atoms. The summed E-state index contributed by atoms with van der Waals surface area (Å²) in [7, 11) is 0. The van der Waals surface area contributed by atoms with Crippen LogP contribution in [0.2, 0.25) is 0 Å². The van der Waals surface area contributed by atoms with Crippen LogP contribution < -0.4 is 0 Å². The minimum absolute atomic E-state index is 1.17. The Hall–Kier alpha value is -5.64. The fourth-order valence-electron chi connectivity index (χ4n) is 7.38. The van der Waals surface area contributed by atoms with E-state index in [9.17, 15) is 0 Å². The second kappa shape index (κ2) is 9.43. The van der Waals surface area contributed by atoms with Crippen molar-refractivity contribution in [2.75, 3.05) is 0 Å². The van der Waals surface area contributed by atoms with Crippen LogP contribution in [-0.4, -0.2) is 9.13 Å². The number of benzene rings is 7. The van der Waals surface area contributed by atoms with Crippen molar-refractivity contribution in [3.63, 3.8) is 0 Å². The maximum absolute atomic E-state index is 2.48. The largest absolute Gasteiger partial charge is 0.309 e. The van der Waals surface area contributed by atoms with Crippen LogP contribution in [-0.2, 0) is 0 Å². The molecular formula is C42H26N2S. The number of thiophene rings is 1. The molecule has 0 N–H and O–H groups in total. The van der Waals surface area contributed by atoms with Gasteiger partial charge in [-0.05, 0) is 65.7 Å². The minimum Gasteiger partial charge on any atom is -0.309 e. The van der Waals surface area contributed by atoms with Crippen molar-refractivity contribution < 1.29 is 0 Å². The Morgan fingerprint density at radius 1 is 0.356 bits per heavy atom. The Balaban J connectivity index is 1.23. The van der Waals surface area contributed by atoms with E-state index in [1.807, 2.05) is 11.3 Å². The number of rotatable bonds is 3. The summed E-state index contributed by atoms with van der Waals surface area (Å²) in [6.45, 7) is 0. The van der Waals surface area contributed by atoms with Gasteiger partial charge in [-0.25, -0.2) is 0 Å². The molecule has 3 heteroatoms. The second-order valence-electron chi connectivity index (χ2n) is 11.8. The summed E-state index contributed by atoms with van der Waals surface area (Å²) in [6, 6.07) is 57.7. The van der Waals surface area contributed by atoms with Gasteiger partial charge < -0.3 is 9.13 Å². The lowest BCUT2D eigenvalue weighted by molar-refractivity contribution is 1.18. The molecule has 0 atom stereocenters. The van der Waals surface area contributed by atoms with E-state index in [1.165, 1.54) is 86.3 Å². The maximum Gasteiger partial charge on any atom is 0.0555 e. The highest BCUT2D eigenvalue weighted by molar-refractivity contribution is 7.25. The summed E-state index contributed by atoms with van der Waals surface area (Å²) in [5, 5.41) is 7.73. The third-order valence-corrected chi connectivity index (χ3v) is 10.4. The van der Waals surface area contributed by atoms with Crippen molar-refractivity contribution in [3.05, 3.63) is 158 Å². The molecule has 210 valence electrons. The van der Waals surface area contributed by atoms with Gasteiger partial charge in [0.2, 0.25) is 0 Å². The van der Waals surface area contributed by atoms with Gasteiger partial charge in [-0.15, -0.1) is 11.3 Å². The molecule has 0 saturated carbocycles. The van der Waals surface area contributed by atoms with Crippen molar-refractivity contribution >= 4 is 75.1 Å². The Bertz CT molecular complexity index is 2720. The van der Waals surface area contributed by atoms with Crippen LogP contribution >= 0.6 is 11.3 Å². The second-order valence-corrected chi connectivity index (χ2v) is 12.8. The first-order valence-electron chi connectivity index (χ1n) is 15.4. The molecule has 3 aromatic heterocycles. The van der Waals surface area contributed by atoms with Crippen molar-refractivity contribution in [3.8, 4) is 22.5 Å². The van der Waals surface area contributed by atoms with Crippen LogP contribution in [0.15, 0.2) is 158 Å². The lowest BCUT2D eigenvalue weighted by atomic mass is 10.0. The third kappa shape index (κ3) is 3.56. The first kappa shape index (κ1) is 24.8. The number of aromatic nitrogens is 2. The van der Waals surface area contributed by atoms with Gasteiger partial charge in [0, 0.05) is 47.4 Å². The van der Waals surface area contributed by atoms with Gasteiger partial charge in [0.25, 0.3) is 0 Å². The first-order chi connectivity index (χ1) is 22.3. The monoisotopic (exact) mass is 590 g/mol.